The van der Waals surface area contributed by atoms with Crippen LogP contribution in [0.1, 0.15) is 122 Å². The highest BCUT2D eigenvalue weighted by atomic mass is 16.5. The molecule has 0 amide bonds. The lowest BCUT2D eigenvalue weighted by atomic mass is 9.65. The van der Waals surface area contributed by atoms with Gasteiger partial charge in [-0.15, -0.1) is 0 Å². The lowest BCUT2D eigenvalue weighted by Crippen LogP contribution is -2.33. The number of aliphatic hydroxyl groups excluding tert-OH is 2. The monoisotopic (exact) mass is 688 g/mol. The Bertz CT molecular complexity index is 1340. The topological polar surface area (TPSA) is 93.1 Å². The number of aliphatic hydroxyl groups is 2. The maximum absolute atomic E-state index is 12.5. The van der Waals surface area contributed by atoms with Gasteiger partial charge in [-0.1, -0.05) is 81.8 Å². The van der Waals surface area contributed by atoms with Gasteiger partial charge in [0.25, 0.3) is 0 Å². The normalized spacial score (nSPS) is 23.2. The summed E-state index contributed by atoms with van der Waals surface area (Å²) in [5, 5.41) is 18.8. The largest absolute Gasteiger partial charge is 0.465 e. The Hall–Kier alpha value is -2.96. The Morgan fingerprint density at radius 1 is 0.860 bits per heavy atom. The summed E-state index contributed by atoms with van der Waals surface area (Å²) in [7, 11) is 0. The van der Waals surface area contributed by atoms with Gasteiger partial charge in [-0.05, 0) is 136 Å². The van der Waals surface area contributed by atoms with E-state index in [1.165, 1.54) is 92.9 Å². The molecule has 50 heavy (non-hydrogen) atoms. The molecule has 276 valence electrons. The second kappa shape index (κ2) is 19.6. The van der Waals surface area contributed by atoms with E-state index in [4.69, 9.17) is 9.47 Å². The molecule has 2 aliphatic carbocycles. The van der Waals surface area contributed by atoms with Crippen LogP contribution in [0.15, 0.2) is 60.7 Å². The van der Waals surface area contributed by atoms with Crippen LogP contribution in [0.25, 0.3) is 11.1 Å². The van der Waals surface area contributed by atoms with Gasteiger partial charge in [0.1, 0.15) is 0 Å². The van der Waals surface area contributed by atoms with Crippen molar-refractivity contribution in [3.05, 3.63) is 71.8 Å². The number of aryl methyl sites for hydroxylation is 1. The van der Waals surface area contributed by atoms with Gasteiger partial charge in [-0.25, -0.2) is 4.79 Å². The van der Waals surface area contributed by atoms with Crippen LogP contribution in [0, 0.1) is 35.0 Å². The van der Waals surface area contributed by atoms with Crippen LogP contribution in [-0.2, 0) is 25.5 Å². The van der Waals surface area contributed by atoms with E-state index in [0.717, 1.165) is 24.7 Å². The molecular formula is C44H64O6. The maximum Gasteiger partial charge on any atom is 0.335 e. The Morgan fingerprint density at radius 3 is 2.08 bits per heavy atom. The summed E-state index contributed by atoms with van der Waals surface area (Å²) in [5.74, 6) is 2.23. The molecule has 0 bridgehead atoms. The van der Waals surface area contributed by atoms with Crippen molar-refractivity contribution in [3.8, 4) is 11.1 Å². The van der Waals surface area contributed by atoms with Gasteiger partial charge in [0.2, 0.25) is 0 Å². The summed E-state index contributed by atoms with van der Waals surface area (Å²) in [5.41, 5.74) is 4.57. The Balaban J connectivity index is 1.22. The summed E-state index contributed by atoms with van der Waals surface area (Å²) >= 11 is 0. The minimum atomic E-state index is -0.983. The van der Waals surface area contributed by atoms with E-state index in [1.54, 1.807) is 13.8 Å². The smallest absolute Gasteiger partial charge is 0.335 e. The molecule has 0 aliphatic heterocycles. The van der Waals surface area contributed by atoms with Crippen LogP contribution in [0.5, 0.6) is 0 Å². The molecule has 2 fully saturated rings. The fourth-order valence-corrected chi connectivity index (χ4v) is 8.15. The van der Waals surface area contributed by atoms with Crippen LogP contribution in [0.3, 0.4) is 0 Å². The second-order valence-corrected chi connectivity index (χ2v) is 16.1. The first-order valence-electron chi connectivity index (χ1n) is 19.5. The number of hydrogen-bond donors (Lipinski definition) is 2. The maximum atomic E-state index is 12.5. The van der Waals surface area contributed by atoms with Gasteiger partial charge < -0.3 is 19.7 Å². The van der Waals surface area contributed by atoms with Gasteiger partial charge in [0.05, 0.1) is 37.4 Å². The zero-order chi connectivity index (χ0) is 36.1. The molecule has 0 spiro atoms. The van der Waals surface area contributed by atoms with Crippen LogP contribution in [-0.4, -0.2) is 48.6 Å². The van der Waals surface area contributed by atoms with E-state index < -0.39 is 24.0 Å². The number of esters is 2. The number of rotatable bonds is 18. The van der Waals surface area contributed by atoms with Crippen molar-refractivity contribution in [2.24, 2.45) is 35.0 Å². The Morgan fingerprint density at radius 2 is 1.48 bits per heavy atom. The zero-order valence-corrected chi connectivity index (χ0v) is 31.3. The molecule has 2 N–H and O–H groups in total. The number of benzene rings is 2. The van der Waals surface area contributed by atoms with E-state index in [0.29, 0.717) is 17.8 Å². The van der Waals surface area contributed by atoms with Crippen molar-refractivity contribution in [2.75, 3.05) is 26.4 Å². The van der Waals surface area contributed by atoms with Gasteiger partial charge in [0.15, 0.2) is 0 Å². The van der Waals surface area contributed by atoms with E-state index in [1.807, 2.05) is 0 Å². The average molecular weight is 689 g/mol. The number of carbonyl (C=O) groups excluding carboxylic acids is 2. The standard InChI is InChI=1S/C44H64O6/c1-6-7-8-9-33-10-14-36(15-11-33)37-17-19-38(20-18-37)39-21-23-40(24-22-39)41-25-16-35(31(2)26-41)13-12-34(28-49-42(47)32(3)27-45)29-50-43(48)44(4,5)30-46/h10-11,14-15,17-20,31,34-35,39-41,45-46H,3,6-9,12-13,16,21-30H2,1-2,4-5H3. The summed E-state index contributed by atoms with van der Waals surface area (Å²) < 4.78 is 11.0. The molecule has 0 saturated heterocycles. The third-order valence-electron chi connectivity index (χ3n) is 11.8. The molecule has 6 heteroatoms. The van der Waals surface area contributed by atoms with Crippen LogP contribution < -0.4 is 0 Å². The Labute approximate surface area is 302 Å². The summed E-state index contributed by atoms with van der Waals surface area (Å²) in [6, 6.07) is 18.5. The number of ether oxygens (including phenoxy) is 2. The summed E-state index contributed by atoms with van der Waals surface area (Å²) in [6.45, 7) is 11.0. The van der Waals surface area contributed by atoms with E-state index >= 15 is 0 Å². The molecule has 0 heterocycles. The molecule has 4 rings (SSSR count). The van der Waals surface area contributed by atoms with Gasteiger partial charge >= 0.3 is 11.9 Å². The lowest BCUT2D eigenvalue weighted by molar-refractivity contribution is -0.158. The highest BCUT2D eigenvalue weighted by molar-refractivity contribution is 5.87. The molecule has 4 unspecified atom stereocenters. The Kier molecular flexibility index (Phi) is 15.6. The van der Waals surface area contributed by atoms with Crippen molar-refractivity contribution >= 4 is 11.9 Å². The molecule has 2 aromatic rings. The molecule has 0 radical (unpaired) electrons. The fourth-order valence-electron chi connectivity index (χ4n) is 8.15. The molecule has 2 saturated carbocycles. The third kappa shape index (κ3) is 11.5. The van der Waals surface area contributed by atoms with E-state index in [9.17, 15) is 19.8 Å². The number of carbonyl (C=O) groups is 2. The third-order valence-corrected chi connectivity index (χ3v) is 11.8. The van der Waals surface area contributed by atoms with Gasteiger partial charge in [0, 0.05) is 5.92 Å². The SMILES string of the molecule is C=C(CO)C(=O)OCC(CCC1CCC(C2CCC(c3ccc(-c4ccc(CCCCC)cc4)cc3)CC2)CC1C)COC(=O)C(C)(C)CO. The minimum Gasteiger partial charge on any atom is -0.465 e. The van der Waals surface area contributed by atoms with E-state index in [-0.39, 0.29) is 31.3 Å². The van der Waals surface area contributed by atoms with Crippen LogP contribution >= 0.6 is 0 Å². The molecule has 6 nitrogen and oxygen atoms in total. The summed E-state index contributed by atoms with van der Waals surface area (Å²) in [4.78, 5) is 24.7. The van der Waals surface area contributed by atoms with Crippen LogP contribution in [0.2, 0.25) is 0 Å². The molecule has 0 aromatic heterocycles. The van der Waals surface area contributed by atoms with Gasteiger partial charge in [-0.3, -0.25) is 4.79 Å². The van der Waals surface area contributed by atoms with Crippen molar-refractivity contribution in [2.45, 2.75) is 117 Å². The first-order chi connectivity index (χ1) is 24.0. The fraction of sp³-hybridized carbons (Fsp3) is 0.636. The van der Waals surface area contributed by atoms with Crippen molar-refractivity contribution in [1.29, 1.82) is 0 Å². The molecular weight excluding hydrogens is 624 g/mol. The lowest BCUT2D eigenvalue weighted by Gasteiger charge is -2.41. The number of hydrogen-bond acceptors (Lipinski definition) is 6. The van der Waals surface area contributed by atoms with Crippen LogP contribution in [0.4, 0.5) is 0 Å². The summed E-state index contributed by atoms with van der Waals surface area (Å²) in [6.07, 6.45) is 15.7. The molecule has 2 aromatic carbocycles. The average Bonchev–Trinajstić information content (AvgIpc) is 3.14. The van der Waals surface area contributed by atoms with Crippen molar-refractivity contribution < 1.29 is 29.3 Å². The quantitative estimate of drug-likeness (QED) is 0.0921. The predicted octanol–water partition coefficient (Wildman–Crippen LogP) is 9.46. The van der Waals surface area contributed by atoms with Gasteiger partial charge in [-0.2, -0.15) is 0 Å². The van der Waals surface area contributed by atoms with E-state index in [2.05, 4.69) is 69.0 Å². The molecule has 2 aliphatic rings. The van der Waals surface area contributed by atoms with Crippen molar-refractivity contribution in [3.63, 3.8) is 0 Å². The minimum absolute atomic E-state index is 0.00966. The highest BCUT2D eigenvalue weighted by Gasteiger charge is 2.35. The zero-order valence-electron chi connectivity index (χ0n) is 31.3. The second-order valence-electron chi connectivity index (χ2n) is 16.1. The highest BCUT2D eigenvalue weighted by Crippen LogP contribution is 2.46. The number of unbranched alkanes of at least 4 members (excludes halogenated alkanes) is 2. The first kappa shape index (κ1) is 39.8. The molecule has 4 atom stereocenters. The van der Waals surface area contributed by atoms with Crippen molar-refractivity contribution in [1.82, 2.24) is 0 Å². The predicted molar refractivity (Wildman–Crippen MR) is 202 cm³/mol. The first-order valence-corrected chi connectivity index (χ1v) is 19.5.